The van der Waals surface area contributed by atoms with Gasteiger partial charge in [0.15, 0.2) is 10.1 Å². The van der Waals surface area contributed by atoms with Crippen LogP contribution >= 0.6 is 23.1 Å². The lowest BCUT2D eigenvalue weighted by Gasteiger charge is -2.13. The molecule has 2 N–H and O–H groups in total. The van der Waals surface area contributed by atoms with Crippen molar-refractivity contribution >= 4 is 51.5 Å². The number of rotatable bonds is 7. The zero-order chi connectivity index (χ0) is 18.4. The summed E-state index contributed by atoms with van der Waals surface area (Å²) in [5.74, 6) is -0.392. The average molecular weight is 378 g/mol. The van der Waals surface area contributed by atoms with E-state index in [0.29, 0.717) is 27.1 Å². The number of hydrogen-bond donors (Lipinski definition) is 2. The summed E-state index contributed by atoms with van der Waals surface area (Å²) in [6, 6.07) is 6.75. The second-order valence-electron chi connectivity index (χ2n) is 5.19. The highest BCUT2D eigenvalue weighted by Gasteiger charge is 2.20. The van der Waals surface area contributed by atoms with Crippen LogP contribution in [0.15, 0.2) is 28.6 Å². The zero-order valence-corrected chi connectivity index (χ0v) is 15.7. The molecule has 0 aliphatic rings. The van der Waals surface area contributed by atoms with Crippen LogP contribution in [0.3, 0.4) is 0 Å². The topological polar surface area (TPSA) is 101 Å². The molecule has 0 unspecified atom stereocenters. The largest absolute Gasteiger partial charge is 0.325 e. The Morgan fingerprint density at radius 3 is 2.36 bits per heavy atom. The number of ketones is 1. The SMILES string of the molecule is CC[C@H](Sc1nnc(NC(C)=O)s1)C(=O)Nc1ccc(C(C)=O)cc1. The Hall–Kier alpha value is -2.26. The molecule has 1 aromatic carbocycles. The Bertz CT molecular complexity index is 774. The first kappa shape index (κ1) is 19.1. The molecule has 0 saturated heterocycles. The minimum atomic E-state index is -0.342. The molecule has 0 bridgehead atoms. The highest BCUT2D eigenvalue weighted by molar-refractivity contribution is 8.02. The van der Waals surface area contributed by atoms with Crippen molar-refractivity contribution < 1.29 is 14.4 Å². The lowest BCUT2D eigenvalue weighted by molar-refractivity contribution is -0.116. The first-order chi connectivity index (χ1) is 11.9. The minimum absolute atomic E-state index is 0.0221. The van der Waals surface area contributed by atoms with Crippen LogP contribution in [0.2, 0.25) is 0 Å². The van der Waals surface area contributed by atoms with E-state index >= 15 is 0 Å². The van der Waals surface area contributed by atoms with E-state index < -0.39 is 0 Å². The first-order valence-electron chi connectivity index (χ1n) is 7.58. The van der Waals surface area contributed by atoms with Crippen LogP contribution < -0.4 is 10.6 Å². The van der Waals surface area contributed by atoms with Gasteiger partial charge in [-0.05, 0) is 37.6 Å². The fraction of sp³-hybridized carbons (Fsp3) is 0.312. The fourth-order valence-corrected chi connectivity index (χ4v) is 3.88. The molecule has 0 aliphatic heterocycles. The number of amides is 2. The predicted molar refractivity (Wildman–Crippen MR) is 99.2 cm³/mol. The summed E-state index contributed by atoms with van der Waals surface area (Å²) in [5, 5.41) is 13.3. The van der Waals surface area contributed by atoms with Gasteiger partial charge in [0.05, 0.1) is 5.25 Å². The Morgan fingerprint density at radius 2 is 1.80 bits per heavy atom. The van der Waals surface area contributed by atoms with Gasteiger partial charge in [-0.1, -0.05) is 30.0 Å². The quantitative estimate of drug-likeness (QED) is 0.436. The number of benzene rings is 1. The van der Waals surface area contributed by atoms with Crippen LogP contribution in [0.4, 0.5) is 10.8 Å². The third kappa shape index (κ3) is 5.64. The van der Waals surface area contributed by atoms with Crippen molar-refractivity contribution in [2.24, 2.45) is 0 Å². The van der Waals surface area contributed by atoms with E-state index in [1.54, 1.807) is 24.3 Å². The van der Waals surface area contributed by atoms with E-state index in [1.165, 1.54) is 36.9 Å². The molecular formula is C16H18N4O3S2. The molecule has 0 fully saturated rings. The highest BCUT2D eigenvalue weighted by Crippen LogP contribution is 2.31. The van der Waals surface area contributed by atoms with Crippen molar-refractivity contribution in [1.82, 2.24) is 10.2 Å². The van der Waals surface area contributed by atoms with Crippen LogP contribution in [-0.2, 0) is 9.59 Å². The average Bonchev–Trinajstić information content (AvgIpc) is 2.99. The third-order valence-corrected chi connectivity index (χ3v) is 5.44. The maximum Gasteiger partial charge on any atom is 0.237 e. The number of Topliss-reactive ketones (excluding diaryl/α,β-unsaturated/α-hetero) is 1. The number of aromatic nitrogens is 2. The third-order valence-electron chi connectivity index (χ3n) is 3.15. The number of carbonyl (C=O) groups excluding carboxylic acids is 3. The molecule has 1 aromatic heterocycles. The standard InChI is InChI=1S/C16H18N4O3S2/c1-4-13(24-16-20-19-15(25-16)17-10(3)22)14(23)18-12-7-5-11(6-8-12)9(2)21/h5-8,13H,4H2,1-3H3,(H,18,23)(H,17,19,22)/t13-/m0/s1. The molecule has 1 heterocycles. The van der Waals surface area contributed by atoms with Crippen molar-refractivity contribution in [3.63, 3.8) is 0 Å². The summed E-state index contributed by atoms with van der Waals surface area (Å²) < 4.78 is 0.609. The maximum atomic E-state index is 12.4. The maximum absolute atomic E-state index is 12.4. The van der Waals surface area contributed by atoms with Crippen LogP contribution in [0.1, 0.15) is 37.6 Å². The van der Waals surface area contributed by atoms with Gasteiger partial charge in [-0.15, -0.1) is 10.2 Å². The van der Waals surface area contributed by atoms with Crippen molar-refractivity contribution in [3.8, 4) is 0 Å². The summed E-state index contributed by atoms with van der Waals surface area (Å²) in [7, 11) is 0. The predicted octanol–water partition coefficient (Wildman–Crippen LogP) is 3.21. The Labute approximate surface area is 153 Å². The molecule has 2 amide bonds. The van der Waals surface area contributed by atoms with Crippen molar-refractivity contribution in [2.75, 3.05) is 10.6 Å². The fourth-order valence-electron chi connectivity index (χ4n) is 1.91. The van der Waals surface area contributed by atoms with Crippen LogP contribution in [-0.4, -0.2) is 33.0 Å². The minimum Gasteiger partial charge on any atom is -0.325 e. The van der Waals surface area contributed by atoms with Crippen molar-refractivity contribution in [2.45, 2.75) is 36.8 Å². The van der Waals surface area contributed by atoms with Gasteiger partial charge >= 0.3 is 0 Å². The van der Waals surface area contributed by atoms with Crippen molar-refractivity contribution in [3.05, 3.63) is 29.8 Å². The molecule has 25 heavy (non-hydrogen) atoms. The lowest BCUT2D eigenvalue weighted by atomic mass is 10.1. The van der Waals surface area contributed by atoms with Gasteiger partial charge < -0.3 is 10.6 Å². The van der Waals surface area contributed by atoms with Crippen LogP contribution in [0.5, 0.6) is 0 Å². The molecule has 9 heteroatoms. The number of nitrogens with zero attached hydrogens (tertiary/aromatic N) is 2. The first-order valence-corrected chi connectivity index (χ1v) is 9.28. The molecule has 132 valence electrons. The summed E-state index contributed by atoms with van der Waals surface area (Å²) in [6.45, 7) is 4.80. The molecule has 2 aromatic rings. The molecule has 0 aliphatic carbocycles. The molecule has 0 saturated carbocycles. The normalized spacial score (nSPS) is 11.6. The molecular weight excluding hydrogens is 360 g/mol. The van der Waals surface area contributed by atoms with Gasteiger partial charge in [0.1, 0.15) is 0 Å². The van der Waals surface area contributed by atoms with Gasteiger partial charge in [-0.25, -0.2) is 0 Å². The van der Waals surface area contributed by atoms with Gasteiger partial charge in [-0.3, -0.25) is 14.4 Å². The van der Waals surface area contributed by atoms with Crippen LogP contribution in [0.25, 0.3) is 0 Å². The monoisotopic (exact) mass is 378 g/mol. The summed E-state index contributed by atoms with van der Waals surface area (Å²) in [5.41, 5.74) is 1.23. The second kappa shape index (κ2) is 8.72. The zero-order valence-electron chi connectivity index (χ0n) is 14.0. The number of anilines is 2. The lowest BCUT2D eigenvalue weighted by Crippen LogP contribution is -2.24. The molecule has 7 nitrogen and oxygen atoms in total. The van der Waals surface area contributed by atoms with Crippen LogP contribution in [0, 0.1) is 0 Å². The van der Waals surface area contributed by atoms with Gasteiger partial charge in [0.2, 0.25) is 16.9 Å². The number of hydrogen-bond acceptors (Lipinski definition) is 7. The Morgan fingerprint density at radius 1 is 1.12 bits per heavy atom. The molecule has 0 spiro atoms. The number of nitrogens with one attached hydrogen (secondary N) is 2. The van der Waals surface area contributed by atoms with Gasteiger partial charge in [-0.2, -0.15) is 0 Å². The molecule has 2 rings (SSSR count). The van der Waals surface area contributed by atoms with E-state index in [4.69, 9.17) is 0 Å². The van der Waals surface area contributed by atoms with E-state index in [-0.39, 0.29) is 22.8 Å². The summed E-state index contributed by atoms with van der Waals surface area (Å²) in [4.78, 5) is 34.7. The molecule has 0 radical (unpaired) electrons. The summed E-state index contributed by atoms with van der Waals surface area (Å²) >= 11 is 2.52. The molecule has 1 atom stereocenters. The van der Waals surface area contributed by atoms with E-state index in [0.717, 1.165) is 0 Å². The second-order valence-corrected chi connectivity index (χ2v) is 7.62. The highest BCUT2D eigenvalue weighted by atomic mass is 32.2. The van der Waals surface area contributed by atoms with E-state index in [1.807, 2.05) is 6.92 Å². The van der Waals surface area contributed by atoms with E-state index in [2.05, 4.69) is 20.8 Å². The Balaban J connectivity index is 1.99. The Kier molecular flexibility index (Phi) is 6.65. The number of thioether (sulfide) groups is 1. The number of carbonyl (C=O) groups is 3. The van der Waals surface area contributed by atoms with Gasteiger partial charge in [0.25, 0.3) is 0 Å². The van der Waals surface area contributed by atoms with Crippen molar-refractivity contribution in [1.29, 1.82) is 0 Å². The summed E-state index contributed by atoms with van der Waals surface area (Å²) in [6.07, 6.45) is 0.608. The van der Waals surface area contributed by atoms with Gasteiger partial charge in [0, 0.05) is 18.2 Å². The van der Waals surface area contributed by atoms with E-state index in [9.17, 15) is 14.4 Å². The smallest absolute Gasteiger partial charge is 0.237 e.